The SMILES string of the molecule is [O-][NH+](O)CCc1ccc(O[C@H]2O[C@@H](CO)[C@@H](O)[C@H](O)[C@H]2O)cc1. The van der Waals surface area contributed by atoms with Crippen LogP contribution in [-0.2, 0) is 11.2 Å². The highest BCUT2D eigenvalue weighted by Gasteiger charge is 2.44. The van der Waals surface area contributed by atoms with Crippen LogP contribution in [0.2, 0.25) is 0 Å². The van der Waals surface area contributed by atoms with Gasteiger partial charge in [-0.25, -0.2) is 10.4 Å². The number of aliphatic hydroxyl groups excluding tert-OH is 4. The summed E-state index contributed by atoms with van der Waals surface area (Å²) in [4.78, 5) is 0. The Hall–Kier alpha value is -1.30. The quantitative estimate of drug-likeness (QED) is 0.306. The second kappa shape index (κ2) is 7.99. The lowest BCUT2D eigenvalue weighted by molar-refractivity contribution is -1.05. The fourth-order valence-corrected chi connectivity index (χ4v) is 2.28. The van der Waals surface area contributed by atoms with Crippen LogP contribution in [0.15, 0.2) is 24.3 Å². The molecule has 1 aliphatic heterocycles. The molecule has 2 rings (SSSR count). The Kier molecular flexibility index (Phi) is 6.27. The first-order valence-corrected chi connectivity index (χ1v) is 7.20. The highest BCUT2D eigenvalue weighted by molar-refractivity contribution is 5.27. The van der Waals surface area contributed by atoms with Gasteiger partial charge in [0.2, 0.25) is 6.29 Å². The van der Waals surface area contributed by atoms with E-state index in [1.54, 1.807) is 24.3 Å². The van der Waals surface area contributed by atoms with E-state index in [9.17, 15) is 20.5 Å². The van der Waals surface area contributed by atoms with Gasteiger partial charge in [0.05, 0.1) is 6.61 Å². The summed E-state index contributed by atoms with van der Waals surface area (Å²) >= 11 is 0. The van der Waals surface area contributed by atoms with E-state index < -0.39 is 42.5 Å². The van der Waals surface area contributed by atoms with Crippen molar-refractivity contribution in [2.75, 3.05) is 13.2 Å². The Morgan fingerprint density at radius 3 is 2.30 bits per heavy atom. The maximum Gasteiger partial charge on any atom is 0.229 e. The summed E-state index contributed by atoms with van der Waals surface area (Å²) in [5.74, 6) is 0.341. The highest BCUT2D eigenvalue weighted by atomic mass is 16.8. The predicted octanol–water partition coefficient (Wildman–Crippen LogP) is -2.82. The van der Waals surface area contributed by atoms with E-state index in [1.807, 2.05) is 0 Å². The number of hydroxylamine groups is 2. The van der Waals surface area contributed by atoms with Gasteiger partial charge in [-0.2, -0.15) is 0 Å². The zero-order valence-electron chi connectivity index (χ0n) is 12.3. The van der Waals surface area contributed by atoms with Crippen molar-refractivity contribution in [2.45, 2.75) is 37.1 Å². The minimum Gasteiger partial charge on any atom is -0.600 e. The van der Waals surface area contributed by atoms with Gasteiger partial charge in [-0.3, -0.25) is 0 Å². The van der Waals surface area contributed by atoms with Crippen LogP contribution in [0.3, 0.4) is 0 Å². The Bertz CT molecular complexity index is 480. The smallest absolute Gasteiger partial charge is 0.229 e. The number of benzene rings is 1. The summed E-state index contributed by atoms with van der Waals surface area (Å²) in [5.41, 5.74) is 0.813. The zero-order chi connectivity index (χ0) is 17.0. The first-order valence-electron chi connectivity index (χ1n) is 7.20. The third kappa shape index (κ3) is 4.59. The molecular formula is C14H21NO8. The maximum atomic E-state index is 10.5. The molecule has 0 saturated carbocycles. The number of nitrogens with one attached hydrogen (secondary N) is 1. The Balaban J connectivity index is 1.97. The molecule has 9 nitrogen and oxygen atoms in total. The van der Waals surface area contributed by atoms with Crippen molar-refractivity contribution in [1.82, 2.24) is 0 Å². The van der Waals surface area contributed by atoms with E-state index in [0.717, 1.165) is 5.56 Å². The molecule has 0 radical (unpaired) electrons. The molecule has 0 aromatic heterocycles. The van der Waals surface area contributed by atoms with Crippen molar-refractivity contribution in [3.05, 3.63) is 35.0 Å². The highest BCUT2D eigenvalue weighted by Crippen LogP contribution is 2.24. The molecule has 0 spiro atoms. The monoisotopic (exact) mass is 331 g/mol. The normalized spacial score (nSPS) is 32.5. The fourth-order valence-electron chi connectivity index (χ4n) is 2.28. The molecule has 0 aliphatic carbocycles. The molecule has 23 heavy (non-hydrogen) atoms. The third-order valence-corrected chi connectivity index (χ3v) is 3.65. The van der Waals surface area contributed by atoms with Gasteiger partial charge in [-0.15, -0.1) is 0 Å². The van der Waals surface area contributed by atoms with Gasteiger partial charge < -0.3 is 35.1 Å². The van der Waals surface area contributed by atoms with Gasteiger partial charge >= 0.3 is 0 Å². The van der Waals surface area contributed by atoms with E-state index in [1.165, 1.54) is 0 Å². The Labute approximate surface area is 132 Å². The summed E-state index contributed by atoms with van der Waals surface area (Å²) in [5, 5.41) is 56.6. The van der Waals surface area contributed by atoms with Crippen LogP contribution in [0.4, 0.5) is 0 Å². The summed E-state index contributed by atoms with van der Waals surface area (Å²) in [6, 6.07) is 6.53. The number of rotatable bonds is 6. The van der Waals surface area contributed by atoms with E-state index >= 15 is 0 Å². The van der Waals surface area contributed by atoms with Gasteiger partial charge in [-0.1, -0.05) is 12.1 Å². The minimum absolute atomic E-state index is 0.0207. The third-order valence-electron chi connectivity index (χ3n) is 3.65. The molecule has 6 atom stereocenters. The summed E-state index contributed by atoms with van der Waals surface area (Å²) < 4.78 is 10.7. The van der Waals surface area contributed by atoms with Crippen LogP contribution in [0, 0.1) is 5.21 Å². The van der Waals surface area contributed by atoms with Crippen LogP contribution in [0.5, 0.6) is 5.75 Å². The largest absolute Gasteiger partial charge is 0.600 e. The van der Waals surface area contributed by atoms with Gasteiger partial charge in [0, 0.05) is 6.42 Å². The van der Waals surface area contributed by atoms with Crippen molar-refractivity contribution in [2.24, 2.45) is 0 Å². The lowest BCUT2D eigenvalue weighted by Crippen LogP contribution is -3.04. The number of aliphatic hydroxyl groups is 4. The number of ether oxygens (including phenoxy) is 2. The molecule has 1 aromatic rings. The average Bonchev–Trinajstić information content (AvgIpc) is 2.54. The summed E-state index contributed by atoms with van der Waals surface area (Å²) in [7, 11) is 0. The van der Waals surface area contributed by atoms with Crippen LogP contribution in [0.25, 0.3) is 0 Å². The van der Waals surface area contributed by atoms with Crippen LogP contribution in [0.1, 0.15) is 5.56 Å². The van der Waals surface area contributed by atoms with Gasteiger partial charge in [0.25, 0.3) is 0 Å². The summed E-state index contributed by atoms with van der Waals surface area (Å²) in [6.07, 6.45) is -6.30. The summed E-state index contributed by atoms with van der Waals surface area (Å²) in [6.45, 7) is -0.508. The first-order chi connectivity index (χ1) is 10.9. The number of hydrogen-bond donors (Lipinski definition) is 6. The second-order valence-corrected chi connectivity index (χ2v) is 5.35. The molecule has 1 unspecified atom stereocenters. The lowest BCUT2D eigenvalue weighted by atomic mass is 9.99. The average molecular weight is 331 g/mol. The lowest BCUT2D eigenvalue weighted by Gasteiger charge is -2.39. The van der Waals surface area contributed by atoms with E-state index in [4.69, 9.17) is 19.8 Å². The molecule has 130 valence electrons. The predicted molar refractivity (Wildman–Crippen MR) is 75.5 cm³/mol. The van der Waals surface area contributed by atoms with Gasteiger partial charge in [0.15, 0.2) is 0 Å². The van der Waals surface area contributed by atoms with E-state index in [0.29, 0.717) is 12.2 Å². The van der Waals surface area contributed by atoms with Crippen molar-refractivity contribution >= 4 is 0 Å². The molecule has 0 bridgehead atoms. The second-order valence-electron chi connectivity index (χ2n) is 5.35. The molecule has 1 aromatic carbocycles. The standard InChI is InChI=1S/C14H21NO8/c16-7-10-11(17)12(18)13(19)14(23-10)22-9-3-1-8(2-4-9)5-6-15(20)21/h1-4,10-20H,5-7H2/t10-,11+,12-,13+,14-/m0/s1. The molecule has 1 saturated heterocycles. The van der Waals surface area contributed by atoms with Crippen molar-refractivity contribution < 1.29 is 40.3 Å². The fraction of sp³-hybridized carbons (Fsp3) is 0.571. The zero-order valence-corrected chi connectivity index (χ0v) is 12.3. The molecule has 6 N–H and O–H groups in total. The first kappa shape index (κ1) is 18.0. The number of quaternary nitrogens is 1. The van der Waals surface area contributed by atoms with Crippen LogP contribution in [-0.4, -0.2) is 69.5 Å². The van der Waals surface area contributed by atoms with E-state index in [2.05, 4.69) is 0 Å². The molecule has 1 heterocycles. The van der Waals surface area contributed by atoms with Gasteiger partial charge in [0.1, 0.15) is 36.7 Å². The van der Waals surface area contributed by atoms with Gasteiger partial charge in [-0.05, 0) is 17.7 Å². The maximum absolute atomic E-state index is 10.5. The van der Waals surface area contributed by atoms with Crippen molar-refractivity contribution in [3.63, 3.8) is 0 Å². The van der Waals surface area contributed by atoms with Crippen LogP contribution >= 0.6 is 0 Å². The van der Waals surface area contributed by atoms with Crippen molar-refractivity contribution in [3.8, 4) is 5.75 Å². The molecule has 9 heteroatoms. The van der Waals surface area contributed by atoms with E-state index in [-0.39, 0.29) is 6.54 Å². The minimum atomic E-state index is -1.50. The topological polar surface area (TPSA) is 147 Å². The molecular weight excluding hydrogens is 310 g/mol. The molecule has 1 aliphatic rings. The molecule has 1 fully saturated rings. The molecule has 0 amide bonds. The Morgan fingerprint density at radius 2 is 1.74 bits per heavy atom. The number of hydrogen-bond acceptors (Lipinski definition) is 8. The van der Waals surface area contributed by atoms with Crippen LogP contribution < -0.4 is 9.96 Å². The van der Waals surface area contributed by atoms with Crippen molar-refractivity contribution in [1.29, 1.82) is 0 Å². The Morgan fingerprint density at radius 1 is 1.09 bits per heavy atom.